The second-order valence-corrected chi connectivity index (χ2v) is 9.50. The summed E-state index contributed by atoms with van der Waals surface area (Å²) in [5.41, 5.74) is 6.48. The van der Waals surface area contributed by atoms with E-state index in [0.717, 1.165) is 4.31 Å². The number of aromatic nitrogens is 4. The summed E-state index contributed by atoms with van der Waals surface area (Å²) >= 11 is 0. The van der Waals surface area contributed by atoms with Crippen LogP contribution < -0.4 is 10.5 Å². The van der Waals surface area contributed by atoms with Crippen molar-refractivity contribution in [2.45, 2.75) is 36.4 Å². The number of anilines is 1. The number of nitrogen functional groups attached to an aromatic ring is 1. The lowest BCUT2D eigenvalue weighted by Crippen LogP contribution is -2.42. The van der Waals surface area contributed by atoms with Gasteiger partial charge in [-0.3, -0.25) is 4.57 Å². The third-order valence-electron chi connectivity index (χ3n) is 5.66. The van der Waals surface area contributed by atoms with E-state index in [-0.39, 0.29) is 35.1 Å². The van der Waals surface area contributed by atoms with Gasteiger partial charge in [0.15, 0.2) is 17.7 Å². The number of imidazole rings is 1. The highest BCUT2D eigenvalue weighted by Crippen LogP contribution is 2.33. The number of nitrogens with zero attached hydrogens (tertiary/aromatic N) is 6. The first-order chi connectivity index (χ1) is 16.2. The Labute approximate surface area is 195 Å². The molecule has 3 heterocycles. The highest BCUT2D eigenvalue weighted by Gasteiger charge is 2.46. The molecule has 180 valence electrons. The van der Waals surface area contributed by atoms with Gasteiger partial charge >= 0.3 is 0 Å². The minimum absolute atomic E-state index is 0.0569. The number of benzene rings is 1. The minimum Gasteiger partial charge on any atom is -0.495 e. The van der Waals surface area contributed by atoms with Crippen molar-refractivity contribution >= 4 is 27.0 Å². The summed E-state index contributed by atoms with van der Waals surface area (Å²) in [4.78, 5) is 12.0. The van der Waals surface area contributed by atoms with E-state index in [4.69, 9.17) is 15.2 Å². The fraction of sp³-hybridized carbons (Fsp3) is 0.400. The third-order valence-corrected chi connectivity index (χ3v) is 7.60. The maximum atomic E-state index is 13.3. The van der Waals surface area contributed by atoms with Crippen LogP contribution in [0.5, 0.6) is 5.75 Å². The Kier molecular flexibility index (Phi) is 6.39. The van der Waals surface area contributed by atoms with E-state index in [1.54, 1.807) is 6.92 Å². The summed E-state index contributed by atoms with van der Waals surface area (Å²) in [5.74, 6) is 0.398. The Morgan fingerprint density at radius 1 is 1.29 bits per heavy atom. The Morgan fingerprint density at radius 3 is 2.74 bits per heavy atom. The average Bonchev–Trinajstić information content (AvgIpc) is 3.38. The van der Waals surface area contributed by atoms with Crippen molar-refractivity contribution in [2.24, 2.45) is 0 Å². The molecule has 34 heavy (non-hydrogen) atoms. The molecule has 13 nitrogen and oxygen atoms in total. The molecular weight excluding hydrogens is 466 g/mol. The maximum Gasteiger partial charge on any atom is 0.243 e. The molecule has 1 fully saturated rings. The largest absolute Gasteiger partial charge is 0.495 e. The van der Waals surface area contributed by atoms with Crippen LogP contribution in [0.25, 0.3) is 11.2 Å². The molecule has 4 rings (SSSR count). The lowest BCUT2D eigenvalue weighted by molar-refractivity contribution is -0.0384. The second kappa shape index (κ2) is 9.12. The number of hydrogen-bond donors (Lipinski definition) is 3. The summed E-state index contributed by atoms with van der Waals surface area (Å²) < 4.78 is 40.0. The summed E-state index contributed by atoms with van der Waals surface area (Å²) in [5, 5.41) is 30.6. The highest BCUT2D eigenvalue weighted by molar-refractivity contribution is 7.89. The molecule has 0 aliphatic carbocycles. The van der Waals surface area contributed by atoms with E-state index < -0.39 is 34.6 Å². The van der Waals surface area contributed by atoms with Crippen LogP contribution in [-0.4, -0.2) is 81.0 Å². The SMILES string of the molecule is CCN(CC1OC(n2cnc3c(N)ncnc32)C(O)C1O)S(=O)(=O)c1ccc(OC)c(C#N)c1. The fourth-order valence-corrected chi connectivity index (χ4v) is 5.34. The molecule has 4 unspecified atom stereocenters. The van der Waals surface area contributed by atoms with Crippen LogP contribution in [0.1, 0.15) is 18.7 Å². The molecular formula is C20H23N7O6S. The normalized spacial score (nSPS) is 22.8. The zero-order chi connectivity index (χ0) is 24.6. The molecule has 0 saturated carbocycles. The minimum atomic E-state index is -4.05. The lowest BCUT2D eigenvalue weighted by atomic mass is 10.1. The Morgan fingerprint density at radius 2 is 2.06 bits per heavy atom. The van der Waals surface area contributed by atoms with Crippen LogP contribution in [-0.2, 0) is 14.8 Å². The van der Waals surface area contributed by atoms with Crippen molar-refractivity contribution in [1.29, 1.82) is 5.26 Å². The van der Waals surface area contributed by atoms with Crippen LogP contribution in [0.2, 0.25) is 0 Å². The molecule has 0 radical (unpaired) electrons. The maximum absolute atomic E-state index is 13.3. The van der Waals surface area contributed by atoms with Gasteiger partial charge in [0, 0.05) is 13.1 Å². The van der Waals surface area contributed by atoms with E-state index in [2.05, 4.69) is 15.0 Å². The first-order valence-corrected chi connectivity index (χ1v) is 11.7. The van der Waals surface area contributed by atoms with E-state index >= 15 is 0 Å². The van der Waals surface area contributed by atoms with Gasteiger partial charge in [-0.25, -0.2) is 23.4 Å². The highest BCUT2D eigenvalue weighted by atomic mass is 32.2. The second-order valence-electron chi connectivity index (χ2n) is 7.56. The monoisotopic (exact) mass is 489 g/mol. The fourth-order valence-electron chi connectivity index (χ4n) is 3.85. The Bertz CT molecular complexity index is 1360. The quantitative estimate of drug-likeness (QED) is 0.392. The van der Waals surface area contributed by atoms with Gasteiger partial charge in [0.1, 0.15) is 42.0 Å². The van der Waals surface area contributed by atoms with E-state index in [0.29, 0.717) is 11.2 Å². The zero-order valence-corrected chi connectivity index (χ0v) is 19.1. The van der Waals surface area contributed by atoms with E-state index in [1.165, 1.54) is 42.5 Å². The lowest BCUT2D eigenvalue weighted by Gasteiger charge is -2.25. The molecule has 4 N–H and O–H groups in total. The third kappa shape index (κ3) is 3.93. The molecule has 14 heteroatoms. The molecule has 0 spiro atoms. The Balaban J connectivity index is 1.60. The predicted octanol–water partition coefficient (Wildman–Crippen LogP) is -0.381. The molecule has 4 atom stereocenters. The molecule has 1 saturated heterocycles. The van der Waals surface area contributed by atoms with Crippen LogP contribution >= 0.6 is 0 Å². The number of ether oxygens (including phenoxy) is 2. The van der Waals surface area contributed by atoms with Crippen molar-refractivity contribution < 1.29 is 28.1 Å². The number of fused-ring (bicyclic) bond motifs is 1. The van der Waals surface area contributed by atoms with Crippen LogP contribution in [0.3, 0.4) is 0 Å². The van der Waals surface area contributed by atoms with Crippen LogP contribution in [0.4, 0.5) is 5.82 Å². The van der Waals surface area contributed by atoms with Gasteiger partial charge in [-0.05, 0) is 18.2 Å². The topological polar surface area (TPSA) is 190 Å². The summed E-state index contributed by atoms with van der Waals surface area (Å²) in [6, 6.07) is 5.87. The van der Waals surface area contributed by atoms with Crippen molar-refractivity contribution in [3.05, 3.63) is 36.4 Å². The number of rotatable bonds is 7. The zero-order valence-electron chi connectivity index (χ0n) is 18.3. The molecule has 1 aromatic carbocycles. The first kappa shape index (κ1) is 23.8. The van der Waals surface area contributed by atoms with E-state index in [1.807, 2.05) is 6.07 Å². The summed E-state index contributed by atoms with van der Waals surface area (Å²) in [6.45, 7) is 1.44. The van der Waals surface area contributed by atoms with Gasteiger partial charge in [0.25, 0.3) is 0 Å². The smallest absolute Gasteiger partial charge is 0.243 e. The average molecular weight is 490 g/mol. The Hall–Kier alpha value is -3.35. The first-order valence-electron chi connectivity index (χ1n) is 10.3. The van der Waals surface area contributed by atoms with Gasteiger partial charge in [0.05, 0.1) is 23.9 Å². The number of likely N-dealkylation sites (N-methyl/N-ethyl adjacent to an activating group) is 1. The molecule has 1 aliphatic rings. The van der Waals surface area contributed by atoms with Crippen LogP contribution in [0, 0.1) is 11.3 Å². The van der Waals surface area contributed by atoms with Gasteiger partial charge in [-0.2, -0.15) is 9.57 Å². The van der Waals surface area contributed by atoms with Gasteiger partial charge in [0.2, 0.25) is 10.0 Å². The molecule has 3 aromatic rings. The van der Waals surface area contributed by atoms with Gasteiger partial charge in [-0.1, -0.05) is 6.92 Å². The van der Waals surface area contributed by atoms with Gasteiger partial charge in [-0.15, -0.1) is 0 Å². The molecule has 2 aromatic heterocycles. The molecule has 0 bridgehead atoms. The standard InChI is InChI=1S/C20H23N7O6S/c1-3-26(34(30,31)12-4-5-13(32-2)11(6-12)7-21)8-14-16(28)17(29)20(33-14)27-10-25-15-18(22)23-9-24-19(15)27/h4-6,9-10,14,16-17,20,28-29H,3,8H2,1-2H3,(H2,22,23,24). The number of nitriles is 1. The number of hydrogen-bond acceptors (Lipinski definition) is 11. The summed E-state index contributed by atoms with van der Waals surface area (Å²) in [6.07, 6.45) is -2.32. The number of aliphatic hydroxyl groups excluding tert-OH is 2. The van der Waals surface area contributed by atoms with Crippen molar-refractivity contribution in [1.82, 2.24) is 23.8 Å². The number of nitrogens with two attached hydrogens (primary N) is 1. The number of methoxy groups -OCH3 is 1. The number of aliphatic hydroxyl groups is 2. The van der Waals surface area contributed by atoms with Gasteiger partial charge < -0.3 is 25.4 Å². The molecule has 1 aliphatic heterocycles. The summed E-state index contributed by atoms with van der Waals surface area (Å²) in [7, 11) is -2.67. The van der Waals surface area contributed by atoms with E-state index in [9.17, 15) is 23.9 Å². The van der Waals surface area contributed by atoms with Crippen LogP contribution in [0.15, 0.2) is 35.7 Å². The van der Waals surface area contributed by atoms with Crippen molar-refractivity contribution in [3.63, 3.8) is 0 Å². The number of sulfonamides is 1. The predicted molar refractivity (Wildman–Crippen MR) is 118 cm³/mol. The van der Waals surface area contributed by atoms with Crippen molar-refractivity contribution in [3.8, 4) is 11.8 Å². The van der Waals surface area contributed by atoms with Crippen molar-refractivity contribution in [2.75, 3.05) is 25.9 Å². The molecule has 0 amide bonds.